The number of para-hydroxylation sites is 1. The maximum Gasteiger partial charge on any atom is 0.387 e. The largest absolute Gasteiger partial charge is 0.493 e. The number of nitrogens with one attached hydrogen (secondary N) is 1. The van der Waals surface area contributed by atoms with E-state index in [1.54, 1.807) is 18.2 Å². The van der Waals surface area contributed by atoms with Gasteiger partial charge in [0.1, 0.15) is 5.75 Å². The highest BCUT2D eigenvalue weighted by atomic mass is 19.3. The second-order valence-corrected chi connectivity index (χ2v) is 5.71. The van der Waals surface area contributed by atoms with Crippen LogP contribution in [-0.4, -0.2) is 32.8 Å². The van der Waals surface area contributed by atoms with Crippen LogP contribution in [0.4, 0.5) is 8.78 Å². The van der Waals surface area contributed by atoms with Crippen LogP contribution in [0.2, 0.25) is 0 Å². The number of alkyl halides is 2. The molecule has 0 bridgehead atoms. The number of carbonyl (C=O) groups is 1. The summed E-state index contributed by atoms with van der Waals surface area (Å²) in [5.41, 5.74) is 1.64. The van der Waals surface area contributed by atoms with Gasteiger partial charge in [-0.05, 0) is 43.2 Å². The lowest BCUT2D eigenvalue weighted by atomic mass is 10.1. The third-order valence-electron chi connectivity index (χ3n) is 3.79. The molecule has 0 aliphatic rings. The predicted molar refractivity (Wildman–Crippen MR) is 103 cm³/mol. The first-order valence-corrected chi connectivity index (χ1v) is 8.83. The Balaban J connectivity index is 1.88. The van der Waals surface area contributed by atoms with Gasteiger partial charge in [0.15, 0.2) is 11.5 Å². The van der Waals surface area contributed by atoms with Crippen molar-refractivity contribution in [1.29, 1.82) is 0 Å². The summed E-state index contributed by atoms with van der Waals surface area (Å²) in [4.78, 5) is 12.0. The Morgan fingerprint density at radius 2 is 1.93 bits per heavy atom. The lowest BCUT2D eigenvalue weighted by Crippen LogP contribution is -2.23. The number of rotatable bonds is 10. The van der Waals surface area contributed by atoms with E-state index in [4.69, 9.17) is 9.47 Å². The van der Waals surface area contributed by atoms with E-state index in [2.05, 4.69) is 10.1 Å². The molecule has 0 aliphatic carbocycles. The normalized spacial score (nSPS) is 10.9. The monoisotopic (exact) mass is 391 g/mol. The molecule has 2 rings (SSSR count). The fourth-order valence-corrected chi connectivity index (χ4v) is 2.52. The zero-order valence-electron chi connectivity index (χ0n) is 15.8. The van der Waals surface area contributed by atoms with Crippen molar-refractivity contribution in [2.75, 3.05) is 20.3 Å². The van der Waals surface area contributed by atoms with Crippen molar-refractivity contribution in [3.63, 3.8) is 0 Å². The minimum Gasteiger partial charge on any atom is -0.493 e. The highest BCUT2D eigenvalue weighted by Gasteiger charge is 2.11. The fraction of sp³-hybridized carbons (Fsp3) is 0.286. The van der Waals surface area contributed by atoms with Crippen LogP contribution in [0.1, 0.15) is 18.1 Å². The van der Waals surface area contributed by atoms with Crippen molar-refractivity contribution in [3.8, 4) is 17.2 Å². The minimum atomic E-state index is -2.92. The number of ether oxygens (including phenoxy) is 3. The summed E-state index contributed by atoms with van der Waals surface area (Å²) < 4.78 is 39.7. The lowest BCUT2D eigenvalue weighted by molar-refractivity contribution is -0.116. The number of hydrogen-bond acceptors (Lipinski definition) is 4. The molecule has 150 valence electrons. The first-order chi connectivity index (χ1) is 13.5. The van der Waals surface area contributed by atoms with E-state index < -0.39 is 6.61 Å². The molecule has 0 saturated heterocycles. The maximum atomic E-state index is 12.4. The van der Waals surface area contributed by atoms with Crippen LogP contribution in [0.5, 0.6) is 17.2 Å². The second-order valence-electron chi connectivity index (χ2n) is 5.71. The van der Waals surface area contributed by atoms with E-state index >= 15 is 0 Å². The summed E-state index contributed by atoms with van der Waals surface area (Å²) >= 11 is 0. The molecule has 0 spiro atoms. The second kappa shape index (κ2) is 10.9. The van der Waals surface area contributed by atoms with Gasteiger partial charge in [-0.1, -0.05) is 24.3 Å². The van der Waals surface area contributed by atoms with Gasteiger partial charge < -0.3 is 19.5 Å². The number of methoxy groups -OCH3 is 1. The van der Waals surface area contributed by atoms with E-state index in [0.29, 0.717) is 25.3 Å². The van der Waals surface area contributed by atoms with Crippen LogP contribution in [0.3, 0.4) is 0 Å². The number of carbonyl (C=O) groups excluding carboxylic acids is 1. The summed E-state index contributed by atoms with van der Waals surface area (Å²) in [5.74, 6) is 0.668. The highest BCUT2D eigenvalue weighted by molar-refractivity contribution is 5.92. The molecule has 7 heteroatoms. The van der Waals surface area contributed by atoms with Crippen LogP contribution in [0.25, 0.3) is 6.08 Å². The molecule has 0 aromatic heterocycles. The van der Waals surface area contributed by atoms with Crippen molar-refractivity contribution in [2.24, 2.45) is 0 Å². The zero-order chi connectivity index (χ0) is 20.4. The van der Waals surface area contributed by atoms with E-state index in [9.17, 15) is 13.6 Å². The molecule has 1 amide bonds. The highest BCUT2D eigenvalue weighted by Crippen LogP contribution is 2.29. The van der Waals surface area contributed by atoms with Crippen LogP contribution < -0.4 is 19.5 Å². The number of halogens is 2. The zero-order valence-corrected chi connectivity index (χ0v) is 15.8. The topological polar surface area (TPSA) is 56.8 Å². The third kappa shape index (κ3) is 6.57. The van der Waals surface area contributed by atoms with Crippen LogP contribution in [0.15, 0.2) is 48.5 Å². The first kappa shape index (κ1) is 21.2. The molecule has 0 fully saturated rings. The van der Waals surface area contributed by atoms with Gasteiger partial charge in [0, 0.05) is 18.2 Å². The van der Waals surface area contributed by atoms with E-state index in [-0.39, 0.29) is 17.4 Å². The van der Waals surface area contributed by atoms with Gasteiger partial charge in [-0.2, -0.15) is 8.78 Å². The van der Waals surface area contributed by atoms with E-state index in [1.165, 1.54) is 19.3 Å². The molecule has 0 unspecified atom stereocenters. The quantitative estimate of drug-likeness (QED) is 0.621. The van der Waals surface area contributed by atoms with Crippen molar-refractivity contribution in [2.45, 2.75) is 20.0 Å². The Hall–Kier alpha value is -3.09. The van der Waals surface area contributed by atoms with Gasteiger partial charge in [-0.15, -0.1) is 0 Å². The van der Waals surface area contributed by atoms with Crippen molar-refractivity contribution in [1.82, 2.24) is 5.32 Å². The van der Waals surface area contributed by atoms with Crippen molar-refractivity contribution < 1.29 is 27.8 Å². The SMILES string of the molecule is CCOc1ccccc1/C=C/C(=O)NCCc1ccc(OC(F)F)c(OC)c1. The summed E-state index contributed by atoms with van der Waals surface area (Å²) in [6, 6.07) is 12.1. The maximum absolute atomic E-state index is 12.4. The van der Waals surface area contributed by atoms with Crippen molar-refractivity contribution >= 4 is 12.0 Å². The molecule has 1 N–H and O–H groups in total. The third-order valence-corrected chi connectivity index (χ3v) is 3.79. The molecular weight excluding hydrogens is 368 g/mol. The molecule has 5 nitrogen and oxygen atoms in total. The van der Waals surface area contributed by atoms with E-state index in [1.807, 2.05) is 31.2 Å². The average Bonchev–Trinajstić information content (AvgIpc) is 2.68. The van der Waals surface area contributed by atoms with Gasteiger partial charge in [0.05, 0.1) is 13.7 Å². The van der Waals surface area contributed by atoms with Crippen LogP contribution >= 0.6 is 0 Å². The average molecular weight is 391 g/mol. The smallest absolute Gasteiger partial charge is 0.387 e. The van der Waals surface area contributed by atoms with Gasteiger partial charge in [-0.3, -0.25) is 4.79 Å². The first-order valence-electron chi connectivity index (χ1n) is 8.83. The number of amides is 1. The van der Waals surface area contributed by atoms with Crippen molar-refractivity contribution in [3.05, 3.63) is 59.7 Å². The fourth-order valence-electron chi connectivity index (χ4n) is 2.52. The summed E-state index contributed by atoms with van der Waals surface area (Å²) in [5, 5.41) is 2.78. The summed E-state index contributed by atoms with van der Waals surface area (Å²) in [6.45, 7) is -0.0940. The van der Waals surface area contributed by atoms with Crippen LogP contribution in [-0.2, 0) is 11.2 Å². The van der Waals surface area contributed by atoms with Gasteiger partial charge in [0.25, 0.3) is 0 Å². The molecule has 0 aliphatic heterocycles. The standard InChI is InChI=1S/C21H23F2NO4/c1-3-27-17-7-5-4-6-16(17)9-11-20(25)24-13-12-15-8-10-18(28-21(22)23)19(14-15)26-2/h4-11,14,21H,3,12-13H2,1-2H3,(H,24,25)/b11-9+. The van der Waals surface area contributed by atoms with Gasteiger partial charge in [-0.25, -0.2) is 0 Å². The van der Waals surface area contributed by atoms with Crippen LogP contribution in [0, 0.1) is 0 Å². The Bertz CT molecular complexity index is 809. The Kier molecular flexibility index (Phi) is 8.27. The molecule has 0 radical (unpaired) electrons. The molecule has 2 aromatic carbocycles. The molecular formula is C21H23F2NO4. The minimum absolute atomic E-state index is 0.0267. The summed E-state index contributed by atoms with van der Waals surface area (Å²) in [7, 11) is 1.38. The molecule has 2 aromatic rings. The van der Waals surface area contributed by atoms with E-state index in [0.717, 1.165) is 11.1 Å². The van der Waals surface area contributed by atoms with Gasteiger partial charge >= 0.3 is 6.61 Å². The molecule has 0 atom stereocenters. The summed E-state index contributed by atoms with van der Waals surface area (Å²) in [6.07, 6.45) is 3.65. The predicted octanol–water partition coefficient (Wildman–Crippen LogP) is 4.07. The number of hydrogen-bond donors (Lipinski definition) is 1. The Morgan fingerprint density at radius 1 is 1.14 bits per heavy atom. The van der Waals surface area contributed by atoms with Gasteiger partial charge in [0.2, 0.25) is 5.91 Å². The number of benzene rings is 2. The Labute approximate surface area is 162 Å². The molecule has 28 heavy (non-hydrogen) atoms. The Morgan fingerprint density at radius 3 is 2.64 bits per heavy atom. The molecule has 0 heterocycles. The molecule has 0 saturated carbocycles. The lowest BCUT2D eigenvalue weighted by Gasteiger charge is -2.11.